The van der Waals surface area contributed by atoms with Crippen molar-refractivity contribution in [3.8, 4) is 17.0 Å². The molecule has 0 aliphatic carbocycles. The Morgan fingerprint density at radius 2 is 2.10 bits per heavy atom. The van der Waals surface area contributed by atoms with Crippen LogP contribution < -0.4 is 14.9 Å². The molecule has 1 fully saturated rings. The van der Waals surface area contributed by atoms with Crippen molar-refractivity contribution in [1.82, 2.24) is 4.57 Å². The standard InChI is InChI=1S/C22H21N3O3S/c26-21-13-28-20-9-8-15(11-18(20)24-21)19-14-29-22(23-16-5-2-1-3-6-16)25(19)12-17-7-4-10-27-17/h1-3,5-6,8-9,11,14,17H,4,7,10,12-13H2,(H,24,26). The van der Waals surface area contributed by atoms with Gasteiger partial charge in [-0.2, -0.15) is 0 Å². The summed E-state index contributed by atoms with van der Waals surface area (Å²) in [4.78, 5) is 17.5. The Hall–Kier alpha value is -2.90. The molecule has 2 aromatic carbocycles. The molecule has 1 aromatic heterocycles. The lowest BCUT2D eigenvalue weighted by molar-refractivity contribution is -0.118. The van der Waals surface area contributed by atoms with Gasteiger partial charge in [-0.1, -0.05) is 18.2 Å². The highest BCUT2D eigenvalue weighted by Gasteiger charge is 2.21. The fraction of sp³-hybridized carbons (Fsp3) is 0.273. The van der Waals surface area contributed by atoms with Crippen molar-refractivity contribution in [1.29, 1.82) is 0 Å². The van der Waals surface area contributed by atoms with Crippen LogP contribution in [0.15, 0.2) is 58.9 Å². The number of benzene rings is 2. The van der Waals surface area contributed by atoms with Gasteiger partial charge in [0.05, 0.1) is 29.7 Å². The highest BCUT2D eigenvalue weighted by molar-refractivity contribution is 7.07. The number of hydrogen-bond donors (Lipinski definition) is 1. The molecule has 29 heavy (non-hydrogen) atoms. The van der Waals surface area contributed by atoms with Crippen molar-refractivity contribution in [3.63, 3.8) is 0 Å². The predicted octanol–water partition coefficient (Wildman–Crippen LogP) is 3.96. The summed E-state index contributed by atoms with van der Waals surface area (Å²) < 4.78 is 13.6. The Balaban J connectivity index is 1.58. The van der Waals surface area contributed by atoms with Crippen LogP contribution in [0.1, 0.15) is 12.8 Å². The number of carbonyl (C=O) groups excluding carboxylic acids is 1. The maximum absolute atomic E-state index is 11.7. The highest BCUT2D eigenvalue weighted by Crippen LogP contribution is 2.33. The minimum absolute atomic E-state index is 0.0594. The first-order valence-electron chi connectivity index (χ1n) is 9.73. The first-order chi connectivity index (χ1) is 14.3. The molecule has 0 saturated carbocycles. The Bertz CT molecular complexity index is 1100. The molecule has 0 radical (unpaired) electrons. The number of hydrogen-bond acceptors (Lipinski definition) is 5. The maximum Gasteiger partial charge on any atom is 0.262 e. The van der Waals surface area contributed by atoms with Gasteiger partial charge in [-0.15, -0.1) is 11.3 Å². The largest absolute Gasteiger partial charge is 0.482 e. The van der Waals surface area contributed by atoms with Gasteiger partial charge < -0.3 is 19.4 Å². The number of carbonyl (C=O) groups is 1. The van der Waals surface area contributed by atoms with Gasteiger partial charge in [0.15, 0.2) is 11.4 Å². The lowest BCUT2D eigenvalue weighted by Gasteiger charge is -2.19. The number of anilines is 1. The molecule has 148 valence electrons. The normalized spacial score (nSPS) is 19.0. The fourth-order valence-electron chi connectivity index (χ4n) is 3.67. The molecule has 5 rings (SSSR count). The van der Waals surface area contributed by atoms with Crippen LogP contribution in [-0.2, 0) is 16.1 Å². The Morgan fingerprint density at radius 3 is 2.93 bits per heavy atom. The molecule has 3 aromatic rings. The number of fused-ring (bicyclic) bond motifs is 1. The van der Waals surface area contributed by atoms with E-state index in [4.69, 9.17) is 14.5 Å². The van der Waals surface area contributed by atoms with E-state index >= 15 is 0 Å². The van der Waals surface area contributed by atoms with Crippen LogP contribution in [0.25, 0.3) is 11.3 Å². The summed E-state index contributed by atoms with van der Waals surface area (Å²) in [6.45, 7) is 1.63. The molecule has 0 bridgehead atoms. The SMILES string of the molecule is O=C1COc2ccc(-c3csc(=Nc4ccccc4)n3CC3CCCO3)cc2N1. The molecule has 2 aliphatic rings. The van der Waals surface area contributed by atoms with Gasteiger partial charge in [0.25, 0.3) is 5.91 Å². The quantitative estimate of drug-likeness (QED) is 0.712. The van der Waals surface area contributed by atoms with Gasteiger partial charge in [0.1, 0.15) is 5.75 Å². The first-order valence-corrected chi connectivity index (χ1v) is 10.6. The number of rotatable bonds is 4. The summed E-state index contributed by atoms with van der Waals surface area (Å²) in [6, 6.07) is 15.9. The summed E-state index contributed by atoms with van der Waals surface area (Å²) in [5.41, 5.74) is 3.70. The van der Waals surface area contributed by atoms with E-state index in [9.17, 15) is 4.79 Å². The van der Waals surface area contributed by atoms with Gasteiger partial charge >= 0.3 is 0 Å². The monoisotopic (exact) mass is 407 g/mol. The van der Waals surface area contributed by atoms with Crippen molar-refractivity contribution in [2.24, 2.45) is 4.99 Å². The molecule has 1 unspecified atom stereocenters. The van der Waals surface area contributed by atoms with E-state index in [1.165, 1.54) is 0 Å². The maximum atomic E-state index is 11.7. The number of thiazole rings is 1. The van der Waals surface area contributed by atoms with Crippen molar-refractivity contribution in [2.45, 2.75) is 25.5 Å². The topological polar surface area (TPSA) is 64.8 Å². The third-order valence-corrected chi connectivity index (χ3v) is 5.96. The lowest BCUT2D eigenvalue weighted by atomic mass is 10.1. The number of ether oxygens (including phenoxy) is 2. The second-order valence-electron chi connectivity index (χ2n) is 7.14. The van der Waals surface area contributed by atoms with E-state index in [1.54, 1.807) is 11.3 Å². The number of para-hydroxylation sites is 1. The van der Waals surface area contributed by atoms with Gasteiger partial charge in [0.2, 0.25) is 0 Å². The van der Waals surface area contributed by atoms with E-state index in [-0.39, 0.29) is 18.6 Å². The van der Waals surface area contributed by atoms with Gasteiger partial charge in [0, 0.05) is 17.6 Å². The fourth-order valence-corrected chi connectivity index (χ4v) is 4.61. The van der Waals surface area contributed by atoms with Crippen molar-refractivity contribution < 1.29 is 14.3 Å². The molecular weight excluding hydrogens is 386 g/mol. The molecular formula is C22H21N3O3S. The molecule has 2 aliphatic heterocycles. The summed E-state index contributed by atoms with van der Waals surface area (Å²) >= 11 is 1.61. The van der Waals surface area contributed by atoms with Crippen LogP contribution in [0.3, 0.4) is 0 Å². The average molecular weight is 407 g/mol. The van der Waals surface area contributed by atoms with Crippen LogP contribution >= 0.6 is 11.3 Å². The highest BCUT2D eigenvalue weighted by atomic mass is 32.1. The van der Waals surface area contributed by atoms with E-state index in [0.29, 0.717) is 11.4 Å². The Morgan fingerprint density at radius 1 is 1.21 bits per heavy atom. The van der Waals surface area contributed by atoms with Gasteiger partial charge in [-0.3, -0.25) is 4.79 Å². The molecule has 1 amide bonds. The van der Waals surface area contributed by atoms with Gasteiger partial charge in [-0.25, -0.2) is 4.99 Å². The minimum Gasteiger partial charge on any atom is -0.482 e. The first kappa shape index (κ1) is 18.1. The Labute approximate surface area is 172 Å². The van der Waals surface area contributed by atoms with Crippen LogP contribution in [0.2, 0.25) is 0 Å². The number of aromatic nitrogens is 1. The Kier molecular flexibility index (Phi) is 4.91. The van der Waals surface area contributed by atoms with Crippen molar-refractivity contribution >= 4 is 28.6 Å². The smallest absolute Gasteiger partial charge is 0.262 e. The summed E-state index contributed by atoms with van der Waals surface area (Å²) in [7, 11) is 0. The zero-order valence-corrected chi connectivity index (χ0v) is 16.7. The molecule has 0 spiro atoms. The van der Waals surface area contributed by atoms with E-state index in [0.717, 1.165) is 47.7 Å². The lowest BCUT2D eigenvalue weighted by Crippen LogP contribution is -2.25. The van der Waals surface area contributed by atoms with Crippen molar-refractivity contribution in [2.75, 3.05) is 18.5 Å². The van der Waals surface area contributed by atoms with E-state index < -0.39 is 0 Å². The van der Waals surface area contributed by atoms with E-state index in [1.807, 2.05) is 48.5 Å². The second kappa shape index (κ2) is 7.85. The molecule has 6 nitrogen and oxygen atoms in total. The van der Waals surface area contributed by atoms with Gasteiger partial charge in [-0.05, 0) is 43.2 Å². The molecule has 7 heteroatoms. The second-order valence-corrected chi connectivity index (χ2v) is 7.98. The predicted molar refractivity (Wildman–Crippen MR) is 113 cm³/mol. The zero-order chi connectivity index (χ0) is 19.6. The third kappa shape index (κ3) is 3.83. The number of nitrogens with zero attached hydrogens (tertiary/aromatic N) is 2. The summed E-state index contributed by atoms with van der Waals surface area (Å²) in [5.74, 6) is 0.565. The van der Waals surface area contributed by atoms with Crippen LogP contribution in [0.5, 0.6) is 5.75 Å². The van der Waals surface area contributed by atoms with Crippen LogP contribution in [-0.4, -0.2) is 29.8 Å². The third-order valence-electron chi connectivity index (χ3n) is 5.10. The molecule has 1 atom stereocenters. The van der Waals surface area contributed by atoms with E-state index in [2.05, 4.69) is 15.3 Å². The number of amides is 1. The molecule has 1 N–H and O–H groups in total. The van der Waals surface area contributed by atoms with Crippen LogP contribution in [0.4, 0.5) is 11.4 Å². The van der Waals surface area contributed by atoms with Crippen molar-refractivity contribution in [3.05, 3.63) is 58.7 Å². The molecule has 1 saturated heterocycles. The summed E-state index contributed by atoms with van der Waals surface area (Å²) in [5, 5.41) is 5.01. The van der Waals surface area contributed by atoms with Crippen LogP contribution in [0, 0.1) is 0 Å². The average Bonchev–Trinajstić information content (AvgIpc) is 3.39. The summed E-state index contributed by atoms with van der Waals surface area (Å²) in [6.07, 6.45) is 2.35. The zero-order valence-electron chi connectivity index (χ0n) is 15.8. The minimum atomic E-state index is -0.132. The molecule has 3 heterocycles. The number of nitrogens with one attached hydrogen (secondary N) is 1.